The van der Waals surface area contributed by atoms with E-state index < -0.39 is 0 Å². The van der Waals surface area contributed by atoms with E-state index in [9.17, 15) is 5.11 Å². The summed E-state index contributed by atoms with van der Waals surface area (Å²) in [5.74, 6) is 0.329. The molecule has 1 N–H and O–H groups in total. The van der Waals surface area contributed by atoms with Crippen LogP contribution in [0.25, 0.3) is 0 Å². The molecule has 78 valence electrons. The highest BCUT2D eigenvalue weighted by Gasteiger charge is 2.12. The van der Waals surface area contributed by atoms with E-state index in [4.69, 9.17) is 4.74 Å². The Kier molecular flexibility index (Phi) is 4.47. The zero-order valence-corrected chi connectivity index (χ0v) is 8.86. The van der Waals surface area contributed by atoms with E-state index in [-0.39, 0.29) is 6.10 Å². The maximum absolute atomic E-state index is 9.63. The van der Waals surface area contributed by atoms with Crippen LogP contribution in [0.15, 0.2) is 24.3 Å². The molecule has 0 fully saturated rings. The van der Waals surface area contributed by atoms with Crippen LogP contribution >= 0.6 is 0 Å². The quantitative estimate of drug-likeness (QED) is 0.779. The number of hydrogen-bond acceptors (Lipinski definition) is 2. The summed E-state index contributed by atoms with van der Waals surface area (Å²) in [4.78, 5) is 0. The number of ether oxygens (including phenoxy) is 1. The number of phenolic OH excluding ortho intramolecular Hbond substituents is 1. The molecule has 0 aliphatic rings. The molecule has 2 heteroatoms. The SMILES string of the molecule is CCCOC(CC)c1ccccc1O. The summed E-state index contributed by atoms with van der Waals surface area (Å²) in [6.07, 6.45) is 1.91. The molecule has 0 saturated carbocycles. The van der Waals surface area contributed by atoms with E-state index in [1.165, 1.54) is 0 Å². The van der Waals surface area contributed by atoms with Gasteiger partial charge < -0.3 is 9.84 Å². The van der Waals surface area contributed by atoms with E-state index in [0.29, 0.717) is 5.75 Å². The molecule has 2 nitrogen and oxygen atoms in total. The predicted molar refractivity (Wildman–Crippen MR) is 57.4 cm³/mol. The predicted octanol–water partition coefficient (Wildman–Crippen LogP) is 3.27. The van der Waals surface area contributed by atoms with Gasteiger partial charge >= 0.3 is 0 Å². The van der Waals surface area contributed by atoms with Gasteiger partial charge in [0.2, 0.25) is 0 Å². The van der Waals surface area contributed by atoms with E-state index in [2.05, 4.69) is 13.8 Å². The Labute approximate surface area is 85.5 Å². The van der Waals surface area contributed by atoms with Gasteiger partial charge in [-0.25, -0.2) is 0 Å². The molecule has 0 radical (unpaired) electrons. The van der Waals surface area contributed by atoms with Crippen molar-refractivity contribution in [3.8, 4) is 5.75 Å². The second kappa shape index (κ2) is 5.66. The van der Waals surface area contributed by atoms with Crippen LogP contribution in [0.3, 0.4) is 0 Å². The molecule has 1 unspecified atom stereocenters. The Morgan fingerprint density at radius 2 is 2.00 bits per heavy atom. The van der Waals surface area contributed by atoms with Crippen LogP contribution in [-0.2, 0) is 4.74 Å². The molecule has 1 aromatic carbocycles. The van der Waals surface area contributed by atoms with Gasteiger partial charge in [-0.05, 0) is 18.9 Å². The van der Waals surface area contributed by atoms with Crippen LogP contribution in [0.2, 0.25) is 0 Å². The number of para-hydroxylation sites is 1. The van der Waals surface area contributed by atoms with E-state index >= 15 is 0 Å². The van der Waals surface area contributed by atoms with Gasteiger partial charge in [0.1, 0.15) is 5.75 Å². The zero-order valence-electron chi connectivity index (χ0n) is 8.86. The number of phenols is 1. The van der Waals surface area contributed by atoms with Crippen molar-refractivity contribution in [1.82, 2.24) is 0 Å². The van der Waals surface area contributed by atoms with Gasteiger partial charge in [0.25, 0.3) is 0 Å². The molecule has 1 atom stereocenters. The van der Waals surface area contributed by atoms with Crippen molar-refractivity contribution in [2.24, 2.45) is 0 Å². The Morgan fingerprint density at radius 3 is 2.57 bits per heavy atom. The monoisotopic (exact) mass is 194 g/mol. The molecular formula is C12H18O2. The maximum atomic E-state index is 9.63. The van der Waals surface area contributed by atoms with Gasteiger partial charge in [0, 0.05) is 12.2 Å². The lowest BCUT2D eigenvalue weighted by Crippen LogP contribution is -2.04. The van der Waals surface area contributed by atoms with Crippen molar-refractivity contribution < 1.29 is 9.84 Å². The lowest BCUT2D eigenvalue weighted by molar-refractivity contribution is 0.0488. The lowest BCUT2D eigenvalue weighted by atomic mass is 10.1. The maximum Gasteiger partial charge on any atom is 0.121 e. The molecule has 0 bridgehead atoms. The number of benzene rings is 1. The van der Waals surface area contributed by atoms with Crippen LogP contribution < -0.4 is 0 Å². The smallest absolute Gasteiger partial charge is 0.121 e. The first-order valence-corrected chi connectivity index (χ1v) is 5.19. The molecule has 1 aromatic rings. The van der Waals surface area contributed by atoms with Crippen molar-refractivity contribution in [2.45, 2.75) is 32.8 Å². The fraction of sp³-hybridized carbons (Fsp3) is 0.500. The van der Waals surface area contributed by atoms with Crippen LogP contribution in [-0.4, -0.2) is 11.7 Å². The number of rotatable bonds is 5. The molecule has 0 heterocycles. The third-order valence-corrected chi connectivity index (χ3v) is 2.18. The molecule has 1 rings (SSSR count). The van der Waals surface area contributed by atoms with Crippen molar-refractivity contribution in [3.05, 3.63) is 29.8 Å². The van der Waals surface area contributed by atoms with Gasteiger partial charge in [-0.15, -0.1) is 0 Å². The summed E-state index contributed by atoms with van der Waals surface area (Å²) in [5.41, 5.74) is 0.892. The second-order valence-corrected chi connectivity index (χ2v) is 3.33. The van der Waals surface area contributed by atoms with Gasteiger partial charge in [0.05, 0.1) is 6.10 Å². The molecule has 0 amide bonds. The van der Waals surface area contributed by atoms with Crippen LogP contribution in [0, 0.1) is 0 Å². The molecular weight excluding hydrogens is 176 g/mol. The average Bonchev–Trinajstić information content (AvgIpc) is 2.21. The molecule has 14 heavy (non-hydrogen) atoms. The summed E-state index contributed by atoms with van der Waals surface area (Å²) in [5, 5.41) is 9.63. The fourth-order valence-electron chi connectivity index (χ4n) is 1.45. The summed E-state index contributed by atoms with van der Waals surface area (Å²) < 4.78 is 5.65. The van der Waals surface area contributed by atoms with Crippen LogP contribution in [0.4, 0.5) is 0 Å². The van der Waals surface area contributed by atoms with Gasteiger partial charge in [0.15, 0.2) is 0 Å². The van der Waals surface area contributed by atoms with Crippen molar-refractivity contribution in [1.29, 1.82) is 0 Å². The highest BCUT2D eigenvalue weighted by molar-refractivity contribution is 5.33. The van der Waals surface area contributed by atoms with Crippen molar-refractivity contribution >= 4 is 0 Å². The minimum Gasteiger partial charge on any atom is -0.508 e. The number of aromatic hydroxyl groups is 1. The first-order chi connectivity index (χ1) is 6.79. The average molecular weight is 194 g/mol. The third-order valence-electron chi connectivity index (χ3n) is 2.18. The minimum absolute atomic E-state index is 0.0242. The lowest BCUT2D eigenvalue weighted by Gasteiger charge is -2.17. The fourth-order valence-corrected chi connectivity index (χ4v) is 1.45. The zero-order chi connectivity index (χ0) is 10.4. The highest BCUT2D eigenvalue weighted by Crippen LogP contribution is 2.28. The largest absolute Gasteiger partial charge is 0.508 e. The Morgan fingerprint density at radius 1 is 1.29 bits per heavy atom. The molecule has 0 saturated heterocycles. The highest BCUT2D eigenvalue weighted by atomic mass is 16.5. The topological polar surface area (TPSA) is 29.5 Å². The van der Waals surface area contributed by atoms with Crippen molar-refractivity contribution in [3.63, 3.8) is 0 Å². The van der Waals surface area contributed by atoms with Crippen molar-refractivity contribution in [2.75, 3.05) is 6.61 Å². The first kappa shape index (κ1) is 11.1. The van der Waals surface area contributed by atoms with Crippen LogP contribution in [0.5, 0.6) is 5.75 Å². The Bertz CT molecular complexity index is 271. The normalized spacial score (nSPS) is 12.7. The molecule has 0 aliphatic carbocycles. The van der Waals surface area contributed by atoms with Gasteiger partial charge in [-0.3, -0.25) is 0 Å². The van der Waals surface area contributed by atoms with E-state index in [0.717, 1.165) is 25.0 Å². The van der Waals surface area contributed by atoms with Gasteiger partial charge in [-0.2, -0.15) is 0 Å². The van der Waals surface area contributed by atoms with Crippen LogP contribution in [0.1, 0.15) is 38.4 Å². The standard InChI is InChI=1S/C12H18O2/c1-3-9-14-12(4-2)10-7-5-6-8-11(10)13/h5-8,12-13H,3-4,9H2,1-2H3. The van der Waals surface area contributed by atoms with E-state index in [1.54, 1.807) is 6.07 Å². The summed E-state index contributed by atoms with van der Waals surface area (Å²) in [6.45, 7) is 4.89. The second-order valence-electron chi connectivity index (χ2n) is 3.33. The van der Waals surface area contributed by atoms with E-state index in [1.807, 2.05) is 18.2 Å². The summed E-state index contributed by atoms with van der Waals surface area (Å²) >= 11 is 0. The summed E-state index contributed by atoms with van der Waals surface area (Å²) in [6, 6.07) is 7.37. The Balaban J connectivity index is 2.73. The third kappa shape index (κ3) is 2.74. The minimum atomic E-state index is 0.0242. The first-order valence-electron chi connectivity index (χ1n) is 5.19. The molecule has 0 aliphatic heterocycles. The molecule has 0 spiro atoms. The summed E-state index contributed by atoms with van der Waals surface area (Å²) in [7, 11) is 0. The van der Waals surface area contributed by atoms with Gasteiger partial charge in [-0.1, -0.05) is 32.0 Å². The molecule has 0 aromatic heterocycles. The Hall–Kier alpha value is -1.02. The number of hydrogen-bond donors (Lipinski definition) is 1.